The third kappa shape index (κ3) is 5.40. The summed E-state index contributed by atoms with van der Waals surface area (Å²) in [5.74, 6) is -0.849. The highest BCUT2D eigenvalue weighted by atomic mass is 16.5. The van der Waals surface area contributed by atoms with Crippen LogP contribution in [0.3, 0.4) is 0 Å². The van der Waals surface area contributed by atoms with E-state index >= 15 is 0 Å². The van der Waals surface area contributed by atoms with Gasteiger partial charge in [-0.25, -0.2) is 0 Å². The van der Waals surface area contributed by atoms with Gasteiger partial charge in [0.25, 0.3) is 5.91 Å². The van der Waals surface area contributed by atoms with Gasteiger partial charge in [0.05, 0.1) is 18.1 Å². The van der Waals surface area contributed by atoms with Crippen LogP contribution in [0, 0.1) is 11.3 Å². The molecule has 0 aliphatic heterocycles. The first-order chi connectivity index (χ1) is 9.55. The Kier molecular flexibility index (Phi) is 6.04. The molecule has 0 saturated heterocycles. The van der Waals surface area contributed by atoms with Crippen molar-refractivity contribution in [3.8, 4) is 11.8 Å². The van der Waals surface area contributed by atoms with Crippen molar-refractivity contribution >= 4 is 11.9 Å². The minimum atomic E-state index is -0.954. The topological polar surface area (TPSA) is 99.4 Å². The van der Waals surface area contributed by atoms with E-state index in [-0.39, 0.29) is 18.9 Å². The Balaban J connectivity index is 2.42. The second kappa shape index (κ2) is 7.79. The molecule has 1 aromatic carbocycles. The molecule has 0 aliphatic carbocycles. The highest BCUT2D eigenvalue weighted by Crippen LogP contribution is 2.11. The monoisotopic (exact) mass is 276 g/mol. The third-order valence-corrected chi connectivity index (χ3v) is 2.63. The van der Waals surface area contributed by atoms with Gasteiger partial charge < -0.3 is 15.2 Å². The Labute approximate surface area is 117 Å². The number of benzene rings is 1. The lowest BCUT2D eigenvalue weighted by Gasteiger charge is -2.15. The number of carboxylic acids is 1. The zero-order valence-corrected chi connectivity index (χ0v) is 11.1. The molecule has 0 radical (unpaired) electrons. The molecule has 1 atom stereocenters. The van der Waals surface area contributed by atoms with E-state index in [2.05, 4.69) is 5.32 Å². The van der Waals surface area contributed by atoms with Crippen molar-refractivity contribution in [2.24, 2.45) is 0 Å². The molecular weight excluding hydrogens is 260 g/mol. The average molecular weight is 276 g/mol. The number of ether oxygens (including phenoxy) is 1. The van der Waals surface area contributed by atoms with Gasteiger partial charge in [-0.3, -0.25) is 9.59 Å². The number of nitrogens with one attached hydrogen (secondary N) is 1. The van der Waals surface area contributed by atoms with Crippen molar-refractivity contribution in [1.29, 1.82) is 5.26 Å². The average Bonchev–Trinajstić information content (AvgIpc) is 2.44. The van der Waals surface area contributed by atoms with Crippen molar-refractivity contribution in [3.05, 3.63) is 29.8 Å². The van der Waals surface area contributed by atoms with Gasteiger partial charge in [-0.15, -0.1) is 0 Å². The Morgan fingerprint density at radius 2 is 2.05 bits per heavy atom. The maximum Gasteiger partial charge on any atom is 0.305 e. The lowest BCUT2D eigenvalue weighted by molar-refractivity contribution is -0.137. The summed E-state index contributed by atoms with van der Waals surface area (Å²) in [5, 5.41) is 19.9. The molecule has 1 amide bonds. The molecule has 0 heterocycles. The summed E-state index contributed by atoms with van der Waals surface area (Å²) in [6.45, 7) is 1.61. The van der Waals surface area contributed by atoms with Crippen LogP contribution in [0.2, 0.25) is 0 Å². The van der Waals surface area contributed by atoms with E-state index in [1.165, 1.54) is 0 Å². The lowest BCUT2D eigenvalue weighted by atomic mass is 10.1. The van der Waals surface area contributed by atoms with Gasteiger partial charge in [-0.05, 0) is 30.7 Å². The van der Waals surface area contributed by atoms with Crippen LogP contribution < -0.4 is 10.1 Å². The Morgan fingerprint density at radius 1 is 1.40 bits per heavy atom. The predicted molar refractivity (Wildman–Crippen MR) is 71.1 cm³/mol. The summed E-state index contributed by atoms with van der Waals surface area (Å²) in [6.07, 6.45) is 0.425. The Hall–Kier alpha value is -2.55. The normalized spacial score (nSPS) is 11.2. The number of aliphatic carboxylic acids is 1. The van der Waals surface area contributed by atoms with Crippen LogP contribution in [0.4, 0.5) is 0 Å². The molecule has 0 bridgehead atoms. The number of hydrogen-bond donors (Lipinski definition) is 2. The van der Waals surface area contributed by atoms with Gasteiger partial charge in [0, 0.05) is 6.04 Å². The summed E-state index contributed by atoms with van der Waals surface area (Å²) in [4.78, 5) is 22.2. The van der Waals surface area contributed by atoms with Crippen molar-refractivity contribution < 1.29 is 19.4 Å². The van der Waals surface area contributed by atoms with E-state index in [9.17, 15) is 9.59 Å². The molecule has 1 unspecified atom stereocenters. The van der Waals surface area contributed by atoms with Crippen molar-refractivity contribution in [2.75, 3.05) is 6.61 Å². The molecule has 20 heavy (non-hydrogen) atoms. The molecule has 0 saturated carbocycles. The molecular formula is C14H16N2O4. The lowest BCUT2D eigenvalue weighted by Crippen LogP contribution is -2.38. The van der Waals surface area contributed by atoms with Gasteiger partial charge >= 0.3 is 5.97 Å². The van der Waals surface area contributed by atoms with Crippen molar-refractivity contribution in [3.63, 3.8) is 0 Å². The van der Waals surface area contributed by atoms with Gasteiger partial charge in [0.1, 0.15) is 5.75 Å². The minimum Gasteiger partial charge on any atom is -0.484 e. The predicted octanol–water partition coefficient (Wildman–Crippen LogP) is 1.31. The van der Waals surface area contributed by atoms with Crippen LogP contribution in [0.1, 0.15) is 25.3 Å². The number of carbonyl (C=O) groups is 2. The highest BCUT2D eigenvalue weighted by Gasteiger charge is 2.14. The van der Waals surface area contributed by atoms with E-state index in [0.29, 0.717) is 17.7 Å². The zero-order chi connectivity index (χ0) is 15.0. The van der Waals surface area contributed by atoms with E-state index in [0.717, 1.165) is 0 Å². The van der Waals surface area contributed by atoms with Gasteiger partial charge in [0.15, 0.2) is 6.61 Å². The van der Waals surface area contributed by atoms with Gasteiger partial charge in [-0.1, -0.05) is 6.92 Å². The number of hydrogen-bond acceptors (Lipinski definition) is 4. The minimum absolute atomic E-state index is 0.112. The third-order valence-electron chi connectivity index (χ3n) is 2.63. The number of carboxylic acid groups (broad SMARTS) is 1. The maximum absolute atomic E-state index is 11.6. The van der Waals surface area contributed by atoms with Crippen molar-refractivity contribution in [1.82, 2.24) is 5.32 Å². The Morgan fingerprint density at radius 3 is 2.55 bits per heavy atom. The largest absolute Gasteiger partial charge is 0.484 e. The second-order valence-corrected chi connectivity index (χ2v) is 4.20. The van der Waals surface area contributed by atoms with E-state index in [4.69, 9.17) is 15.1 Å². The summed E-state index contributed by atoms with van der Waals surface area (Å²) < 4.78 is 5.25. The summed E-state index contributed by atoms with van der Waals surface area (Å²) in [7, 11) is 0. The zero-order valence-electron chi connectivity index (χ0n) is 11.1. The molecule has 6 heteroatoms. The SMILES string of the molecule is CCC(CC(=O)O)NC(=O)COc1ccc(C#N)cc1. The molecule has 1 aromatic rings. The molecule has 0 fully saturated rings. The first-order valence-corrected chi connectivity index (χ1v) is 6.19. The highest BCUT2D eigenvalue weighted by molar-refractivity contribution is 5.78. The standard InChI is InChI=1S/C14H16N2O4/c1-2-11(7-14(18)19)16-13(17)9-20-12-5-3-10(8-15)4-6-12/h3-6,11H,2,7,9H2,1H3,(H,16,17)(H,18,19). The van der Waals surface area contributed by atoms with E-state index in [1.807, 2.05) is 6.07 Å². The van der Waals surface area contributed by atoms with E-state index in [1.54, 1.807) is 31.2 Å². The van der Waals surface area contributed by atoms with Crippen LogP contribution in [0.5, 0.6) is 5.75 Å². The second-order valence-electron chi connectivity index (χ2n) is 4.20. The van der Waals surface area contributed by atoms with Gasteiger partial charge in [-0.2, -0.15) is 5.26 Å². The molecule has 0 spiro atoms. The van der Waals surface area contributed by atoms with Crippen LogP contribution in [0.25, 0.3) is 0 Å². The number of nitriles is 1. The number of amides is 1. The van der Waals surface area contributed by atoms with E-state index < -0.39 is 12.0 Å². The molecule has 2 N–H and O–H groups in total. The summed E-state index contributed by atoms with van der Waals surface area (Å²) in [5.41, 5.74) is 0.509. The number of nitrogens with zero attached hydrogens (tertiary/aromatic N) is 1. The summed E-state index contributed by atoms with van der Waals surface area (Å²) in [6, 6.07) is 7.96. The molecule has 106 valence electrons. The van der Waals surface area contributed by atoms with Crippen LogP contribution in [-0.4, -0.2) is 29.6 Å². The first kappa shape index (κ1) is 15.5. The number of rotatable bonds is 7. The smallest absolute Gasteiger partial charge is 0.305 e. The molecule has 0 aromatic heterocycles. The molecule has 6 nitrogen and oxygen atoms in total. The fourth-order valence-electron chi connectivity index (χ4n) is 1.55. The van der Waals surface area contributed by atoms with Crippen molar-refractivity contribution in [2.45, 2.75) is 25.8 Å². The first-order valence-electron chi connectivity index (χ1n) is 6.19. The maximum atomic E-state index is 11.6. The fraction of sp³-hybridized carbons (Fsp3) is 0.357. The van der Waals surface area contributed by atoms with Crippen LogP contribution in [-0.2, 0) is 9.59 Å². The summed E-state index contributed by atoms with van der Waals surface area (Å²) >= 11 is 0. The molecule has 0 aliphatic rings. The van der Waals surface area contributed by atoms with Crippen LogP contribution in [0.15, 0.2) is 24.3 Å². The van der Waals surface area contributed by atoms with Gasteiger partial charge in [0.2, 0.25) is 0 Å². The Bertz CT molecular complexity index is 505. The van der Waals surface area contributed by atoms with Crippen LogP contribution >= 0.6 is 0 Å². The number of carbonyl (C=O) groups excluding carboxylic acids is 1. The molecule has 1 rings (SSSR count). The fourth-order valence-corrected chi connectivity index (χ4v) is 1.55. The quantitative estimate of drug-likeness (QED) is 0.782.